The van der Waals surface area contributed by atoms with E-state index in [0.29, 0.717) is 17.7 Å². The number of benzene rings is 3. The van der Waals surface area contributed by atoms with Crippen molar-refractivity contribution in [1.82, 2.24) is 0 Å². The van der Waals surface area contributed by atoms with Crippen LogP contribution in [0.1, 0.15) is 5.56 Å². The van der Waals surface area contributed by atoms with Gasteiger partial charge < -0.3 is 9.29 Å². The van der Waals surface area contributed by atoms with Crippen LogP contribution in [0.15, 0.2) is 71.6 Å². The van der Waals surface area contributed by atoms with Gasteiger partial charge in [-0.05, 0) is 40.6 Å². The fraction of sp³-hybridized carbons (Fsp3) is 0.0588. The predicted octanol–water partition coefficient (Wildman–Crippen LogP) is 0.327. The first-order valence-electron chi connectivity index (χ1n) is 6.69. The Morgan fingerprint density at radius 3 is 2.22 bits per heavy atom. The van der Waals surface area contributed by atoms with Crippen LogP contribution in [0.25, 0.3) is 10.8 Å². The molecule has 0 spiro atoms. The molecular formula is C17H13NaO4S. The van der Waals surface area contributed by atoms with Crippen LogP contribution in [0.4, 0.5) is 0 Å². The summed E-state index contributed by atoms with van der Waals surface area (Å²) in [5.74, 6) is 0.689. The molecule has 23 heavy (non-hydrogen) atoms. The van der Waals surface area contributed by atoms with Crippen molar-refractivity contribution in [2.24, 2.45) is 0 Å². The first-order chi connectivity index (χ1) is 10.5. The van der Waals surface area contributed by atoms with Gasteiger partial charge in [0.05, 0.1) is 4.90 Å². The Labute approximate surface area is 157 Å². The molecule has 0 aliphatic heterocycles. The zero-order chi connectivity index (χ0) is 15.6. The molecule has 0 bridgehead atoms. The second-order valence-electron chi connectivity index (χ2n) is 4.90. The molecule has 0 aliphatic rings. The quantitative estimate of drug-likeness (QED) is 0.509. The van der Waals surface area contributed by atoms with Gasteiger partial charge in [0.15, 0.2) is 0 Å². The van der Waals surface area contributed by atoms with Gasteiger partial charge in [0.1, 0.15) is 22.5 Å². The van der Waals surface area contributed by atoms with Gasteiger partial charge >= 0.3 is 29.6 Å². The summed E-state index contributed by atoms with van der Waals surface area (Å²) in [5, 5.41) is 1.50. The Bertz CT molecular complexity index is 908. The van der Waals surface area contributed by atoms with Gasteiger partial charge in [0, 0.05) is 0 Å². The van der Waals surface area contributed by atoms with E-state index in [1.165, 1.54) is 12.1 Å². The van der Waals surface area contributed by atoms with E-state index in [2.05, 4.69) is 0 Å². The zero-order valence-corrected chi connectivity index (χ0v) is 15.4. The number of hydrogen-bond donors (Lipinski definition) is 0. The zero-order valence-electron chi connectivity index (χ0n) is 12.6. The summed E-state index contributed by atoms with van der Waals surface area (Å²) in [5.41, 5.74) is 1.07. The Morgan fingerprint density at radius 2 is 1.52 bits per heavy atom. The smallest absolute Gasteiger partial charge is 0.744 e. The first-order valence-corrected chi connectivity index (χ1v) is 8.10. The van der Waals surface area contributed by atoms with E-state index in [9.17, 15) is 13.0 Å². The number of hydrogen-bond acceptors (Lipinski definition) is 4. The van der Waals surface area contributed by atoms with Gasteiger partial charge in [-0.3, -0.25) is 0 Å². The Morgan fingerprint density at radius 1 is 0.870 bits per heavy atom. The van der Waals surface area contributed by atoms with Crippen LogP contribution in [0.3, 0.4) is 0 Å². The topological polar surface area (TPSA) is 66.4 Å². The fourth-order valence-corrected chi connectivity index (χ4v) is 2.69. The van der Waals surface area contributed by atoms with E-state index in [0.717, 1.165) is 10.9 Å². The second-order valence-corrected chi connectivity index (χ2v) is 6.28. The number of fused-ring (bicyclic) bond motifs is 1. The van der Waals surface area contributed by atoms with Gasteiger partial charge in [0.2, 0.25) is 0 Å². The average Bonchev–Trinajstić information content (AvgIpc) is 2.52. The van der Waals surface area contributed by atoms with Gasteiger partial charge in [0.25, 0.3) is 0 Å². The van der Waals surface area contributed by atoms with Crippen LogP contribution in [0.5, 0.6) is 5.75 Å². The summed E-state index contributed by atoms with van der Waals surface area (Å²) in [6, 6.07) is 19.4. The van der Waals surface area contributed by atoms with E-state index < -0.39 is 10.1 Å². The molecule has 6 heteroatoms. The third-order valence-corrected chi connectivity index (χ3v) is 4.15. The minimum absolute atomic E-state index is 0. The standard InChI is InChI=1S/C17H14O4S.Na/c18-22(19,20)17-9-7-14-10-16(8-6-15(14)11-17)21-12-13-4-2-1-3-5-13;/h1-11H,12H2,(H,18,19,20);/q;+1/p-1. The summed E-state index contributed by atoms with van der Waals surface area (Å²) >= 11 is 0. The molecule has 3 rings (SSSR count). The molecule has 0 unspecified atom stereocenters. The molecule has 0 heterocycles. The van der Waals surface area contributed by atoms with Crippen LogP contribution < -0.4 is 34.3 Å². The Hall–Kier alpha value is -1.37. The van der Waals surface area contributed by atoms with E-state index in [1.54, 1.807) is 18.2 Å². The van der Waals surface area contributed by atoms with Crippen LogP contribution >= 0.6 is 0 Å². The molecule has 0 amide bonds. The third kappa shape index (κ3) is 4.56. The summed E-state index contributed by atoms with van der Waals surface area (Å²) < 4.78 is 38.8. The van der Waals surface area contributed by atoms with Crippen LogP contribution in [0, 0.1) is 0 Å². The minimum atomic E-state index is -4.43. The Balaban J connectivity index is 0.00000192. The predicted molar refractivity (Wildman–Crippen MR) is 82.7 cm³/mol. The third-order valence-electron chi connectivity index (χ3n) is 3.32. The van der Waals surface area contributed by atoms with E-state index >= 15 is 0 Å². The minimum Gasteiger partial charge on any atom is -0.744 e. The van der Waals surface area contributed by atoms with Crippen LogP contribution in [-0.4, -0.2) is 13.0 Å². The molecule has 112 valence electrons. The van der Waals surface area contributed by atoms with Crippen molar-refractivity contribution >= 4 is 20.9 Å². The Kier molecular flexibility index (Phi) is 5.84. The molecule has 0 N–H and O–H groups in total. The molecule has 4 nitrogen and oxygen atoms in total. The van der Waals surface area contributed by atoms with E-state index in [-0.39, 0.29) is 34.5 Å². The van der Waals surface area contributed by atoms with Gasteiger partial charge in [-0.25, -0.2) is 8.42 Å². The number of ether oxygens (including phenoxy) is 1. The van der Waals surface area contributed by atoms with Crippen molar-refractivity contribution in [3.05, 3.63) is 72.3 Å². The molecule has 0 atom stereocenters. The maximum atomic E-state index is 11.0. The van der Waals surface area contributed by atoms with Gasteiger partial charge in [-0.15, -0.1) is 0 Å². The molecule has 0 fully saturated rings. The largest absolute Gasteiger partial charge is 1.00 e. The van der Waals surface area contributed by atoms with Crippen LogP contribution in [0.2, 0.25) is 0 Å². The maximum Gasteiger partial charge on any atom is 1.00 e. The summed E-state index contributed by atoms with van der Waals surface area (Å²) in [6.45, 7) is 0.458. The molecule has 0 aliphatic carbocycles. The summed E-state index contributed by atoms with van der Waals surface area (Å²) in [7, 11) is -4.43. The van der Waals surface area contributed by atoms with Crippen molar-refractivity contribution in [1.29, 1.82) is 0 Å². The van der Waals surface area contributed by atoms with E-state index in [1.807, 2.05) is 36.4 Å². The molecule has 0 aromatic heterocycles. The van der Waals surface area contributed by atoms with Crippen molar-refractivity contribution in [2.45, 2.75) is 11.5 Å². The second kappa shape index (κ2) is 7.47. The molecule has 0 radical (unpaired) electrons. The van der Waals surface area contributed by atoms with Crippen molar-refractivity contribution in [2.75, 3.05) is 0 Å². The van der Waals surface area contributed by atoms with Crippen LogP contribution in [-0.2, 0) is 16.7 Å². The summed E-state index contributed by atoms with van der Waals surface area (Å²) in [4.78, 5) is -0.224. The molecule has 3 aromatic rings. The van der Waals surface area contributed by atoms with Crippen molar-refractivity contribution in [3.8, 4) is 5.75 Å². The van der Waals surface area contributed by atoms with Crippen molar-refractivity contribution < 1.29 is 47.3 Å². The summed E-state index contributed by atoms with van der Waals surface area (Å²) in [6.07, 6.45) is 0. The SMILES string of the molecule is O=S(=O)([O-])c1ccc2cc(OCc3ccccc3)ccc2c1.[Na+]. The first kappa shape index (κ1) is 18.0. The van der Waals surface area contributed by atoms with Crippen molar-refractivity contribution in [3.63, 3.8) is 0 Å². The fourth-order valence-electron chi connectivity index (χ4n) is 2.19. The monoisotopic (exact) mass is 336 g/mol. The molecule has 0 saturated heterocycles. The molecular weight excluding hydrogens is 323 g/mol. The molecule has 3 aromatic carbocycles. The number of rotatable bonds is 4. The normalized spacial score (nSPS) is 11.0. The average molecular weight is 336 g/mol. The van der Waals surface area contributed by atoms with Gasteiger partial charge in [-0.2, -0.15) is 0 Å². The van der Waals surface area contributed by atoms with Gasteiger partial charge in [-0.1, -0.05) is 42.5 Å². The van der Waals surface area contributed by atoms with E-state index in [4.69, 9.17) is 4.74 Å². The molecule has 0 saturated carbocycles. The maximum absolute atomic E-state index is 11.0.